The molecule has 0 atom stereocenters. The molecule has 0 aliphatic heterocycles. The smallest absolute Gasteiger partial charge is 0.141 e. The number of para-hydroxylation sites is 1. The highest BCUT2D eigenvalue weighted by Gasteiger charge is 2.10. The zero-order valence-electron chi connectivity index (χ0n) is 11.6. The molecule has 5 heteroatoms. The van der Waals surface area contributed by atoms with Crippen LogP contribution in [0.25, 0.3) is 10.9 Å². The van der Waals surface area contributed by atoms with Crippen LogP contribution < -0.4 is 5.32 Å². The van der Waals surface area contributed by atoms with Crippen molar-refractivity contribution < 1.29 is 0 Å². The Hall–Kier alpha value is -1.46. The Bertz CT molecular complexity index is 811. The number of halogens is 2. The van der Waals surface area contributed by atoms with Crippen LogP contribution in [0.15, 0.2) is 45.6 Å². The summed E-state index contributed by atoms with van der Waals surface area (Å²) < 4.78 is 1.96. The largest absolute Gasteiger partial charge is 0.338 e. The van der Waals surface area contributed by atoms with Gasteiger partial charge in [-0.05, 0) is 81.1 Å². The summed E-state index contributed by atoms with van der Waals surface area (Å²) >= 11 is 7.12. The number of hydrogen-bond acceptors (Lipinski definition) is 3. The highest BCUT2D eigenvalue weighted by molar-refractivity contribution is 9.11. The summed E-state index contributed by atoms with van der Waals surface area (Å²) in [5.41, 5.74) is 4.36. The predicted molar refractivity (Wildman–Crippen MR) is 94.1 cm³/mol. The maximum absolute atomic E-state index is 4.39. The van der Waals surface area contributed by atoms with Crippen LogP contribution in [0.1, 0.15) is 11.1 Å². The van der Waals surface area contributed by atoms with Gasteiger partial charge in [-0.15, -0.1) is 0 Å². The molecule has 0 fully saturated rings. The first kappa shape index (κ1) is 14.5. The lowest BCUT2D eigenvalue weighted by molar-refractivity contribution is 1.21. The Morgan fingerprint density at radius 1 is 0.952 bits per heavy atom. The van der Waals surface area contributed by atoms with Gasteiger partial charge in [-0.2, -0.15) is 0 Å². The zero-order valence-corrected chi connectivity index (χ0v) is 14.8. The van der Waals surface area contributed by atoms with Crippen molar-refractivity contribution in [3.63, 3.8) is 0 Å². The normalized spacial score (nSPS) is 10.9. The lowest BCUT2D eigenvalue weighted by atomic mass is 10.1. The molecule has 0 spiro atoms. The van der Waals surface area contributed by atoms with Crippen LogP contribution in [0.3, 0.4) is 0 Å². The molecule has 0 aliphatic rings. The molecule has 1 N–H and O–H groups in total. The van der Waals surface area contributed by atoms with Crippen molar-refractivity contribution in [2.75, 3.05) is 5.32 Å². The molecular formula is C16H13Br2N3. The minimum Gasteiger partial charge on any atom is -0.338 e. The molecule has 3 nitrogen and oxygen atoms in total. The number of anilines is 2. The molecule has 0 unspecified atom stereocenters. The average Bonchev–Trinajstić information content (AvgIpc) is 2.45. The monoisotopic (exact) mass is 405 g/mol. The molecule has 21 heavy (non-hydrogen) atoms. The average molecular weight is 407 g/mol. The van der Waals surface area contributed by atoms with E-state index in [4.69, 9.17) is 0 Å². The lowest BCUT2D eigenvalue weighted by Crippen LogP contribution is -1.98. The fourth-order valence-electron chi connectivity index (χ4n) is 2.15. The molecule has 0 amide bonds. The van der Waals surface area contributed by atoms with Gasteiger partial charge in [0, 0.05) is 14.3 Å². The van der Waals surface area contributed by atoms with E-state index < -0.39 is 0 Å². The molecule has 106 valence electrons. The first-order valence-electron chi connectivity index (χ1n) is 6.49. The topological polar surface area (TPSA) is 37.8 Å². The van der Waals surface area contributed by atoms with Gasteiger partial charge in [0.25, 0.3) is 0 Å². The first-order chi connectivity index (χ1) is 10.1. The Morgan fingerprint density at radius 2 is 1.62 bits per heavy atom. The summed E-state index contributed by atoms with van der Waals surface area (Å²) in [6, 6.07) is 10.2. The summed E-state index contributed by atoms with van der Waals surface area (Å²) in [5.74, 6) is 0.802. The molecule has 0 saturated heterocycles. The number of rotatable bonds is 2. The molecule has 3 aromatic rings. The molecule has 1 heterocycles. The third-order valence-electron chi connectivity index (χ3n) is 3.46. The number of fused-ring (bicyclic) bond motifs is 1. The Labute approximate surface area is 140 Å². The predicted octanol–water partition coefficient (Wildman–Crippen LogP) is 5.52. The van der Waals surface area contributed by atoms with Gasteiger partial charge >= 0.3 is 0 Å². The van der Waals surface area contributed by atoms with E-state index in [0.29, 0.717) is 0 Å². The second-order valence-electron chi connectivity index (χ2n) is 4.90. The van der Waals surface area contributed by atoms with E-state index in [-0.39, 0.29) is 0 Å². The molecule has 0 radical (unpaired) electrons. The van der Waals surface area contributed by atoms with Gasteiger partial charge in [0.2, 0.25) is 0 Å². The number of nitrogens with one attached hydrogen (secondary N) is 1. The van der Waals surface area contributed by atoms with Gasteiger partial charge in [-0.3, -0.25) is 0 Å². The van der Waals surface area contributed by atoms with Gasteiger partial charge in [0.1, 0.15) is 12.1 Å². The summed E-state index contributed by atoms with van der Waals surface area (Å²) in [6.07, 6.45) is 1.59. The van der Waals surface area contributed by atoms with E-state index in [1.807, 2.05) is 18.2 Å². The van der Waals surface area contributed by atoms with Gasteiger partial charge in [0.05, 0.1) is 11.2 Å². The van der Waals surface area contributed by atoms with E-state index in [0.717, 1.165) is 31.4 Å². The van der Waals surface area contributed by atoms with Crippen molar-refractivity contribution in [3.05, 3.63) is 56.7 Å². The molecule has 2 aromatic carbocycles. The van der Waals surface area contributed by atoms with Crippen molar-refractivity contribution in [3.8, 4) is 0 Å². The summed E-state index contributed by atoms with van der Waals surface area (Å²) in [7, 11) is 0. The maximum atomic E-state index is 4.39. The van der Waals surface area contributed by atoms with Crippen molar-refractivity contribution in [1.29, 1.82) is 0 Å². The van der Waals surface area contributed by atoms with Gasteiger partial charge in [0.15, 0.2) is 0 Å². The first-order valence-corrected chi connectivity index (χ1v) is 8.08. The third kappa shape index (κ3) is 2.80. The maximum Gasteiger partial charge on any atom is 0.141 e. The third-order valence-corrected chi connectivity index (χ3v) is 4.78. The summed E-state index contributed by atoms with van der Waals surface area (Å²) in [6.45, 7) is 4.19. The molecular weight excluding hydrogens is 394 g/mol. The second kappa shape index (κ2) is 5.73. The Morgan fingerprint density at radius 3 is 2.33 bits per heavy atom. The van der Waals surface area contributed by atoms with Crippen molar-refractivity contribution in [2.24, 2.45) is 0 Å². The number of benzene rings is 2. The van der Waals surface area contributed by atoms with Gasteiger partial charge < -0.3 is 5.32 Å². The van der Waals surface area contributed by atoms with Crippen molar-refractivity contribution >= 4 is 54.3 Å². The highest BCUT2D eigenvalue weighted by atomic mass is 79.9. The van der Waals surface area contributed by atoms with E-state index in [1.54, 1.807) is 6.33 Å². The van der Waals surface area contributed by atoms with Crippen molar-refractivity contribution in [2.45, 2.75) is 13.8 Å². The number of hydrogen-bond donors (Lipinski definition) is 1. The second-order valence-corrected chi connectivity index (χ2v) is 6.61. The van der Waals surface area contributed by atoms with E-state index in [2.05, 4.69) is 73.1 Å². The van der Waals surface area contributed by atoms with Gasteiger partial charge in [-0.25, -0.2) is 9.97 Å². The van der Waals surface area contributed by atoms with Crippen LogP contribution in [0.5, 0.6) is 0 Å². The quantitative estimate of drug-likeness (QED) is 0.609. The number of aromatic nitrogens is 2. The molecule has 0 aliphatic carbocycles. The summed E-state index contributed by atoms with van der Waals surface area (Å²) in [5, 5.41) is 4.40. The van der Waals surface area contributed by atoms with Crippen molar-refractivity contribution in [1.82, 2.24) is 9.97 Å². The van der Waals surface area contributed by atoms with Gasteiger partial charge in [-0.1, -0.05) is 6.07 Å². The van der Waals surface area contributed by atoms with Crippen LogP contribution in [-0.2, 0) is 0 Å². The molecule has 0 bridgehead atoms. The van der Waals surface area contributed by atoms with Crippen LogP contribution >= 0.6 is 31.9 Å². The minimum absolute atomic E-state index is 0.802. The fourth-order valence-corrected chi connectivity index (χ4v) is 3.35. The van der Waals surface area contributed by atoms with E-state index >= 15 is 0 Å². The van der Waals surface area contributed by atoms with E-state index in [1.165, 1.54) is 11.1 Å². The van der Waals surface area contributed by atoms with Crippen LogP contribution in [-0.4, -0.2) is 9.97 Å². The number of aryl methyl sites for hydroxylation is 2. The van der Waals surface area contributed by atoms with Crippen LogP contribution in [0, 0.1) is 13.8 Å². The summed E-state index contributed by atoms with van der Waals surface area (Å²) in [4.78, 5) is 8.75. The molecule has 1 aromatic heterocycles. The standard InChI is InChI=1S/C16H13Br2N3/c1-9-6-11-14(7-10(9)2)19-8-20-16(11)21-15-12(17)4-3-5-13(15)18/h3-8H,1-2H3,(H,19,20,21). The minimum atomic E-state index is 0.802. The van der Waals surface area contributed by atoms with E-state index in [9.17, 15) is 0 Å². The highest BCUT2D eigenvalue weighted by Crippen LogP contribution is 2.34. The Kier molecular flexibility index (Phi) is 3.95. The van der Waals surface area contributed by atoms with Crippen LogP contribution in [0.2, 0.25) is 0 Å². The SMILES string of the molecule is Cc1cc2ncnc(Nc3c(Br)cccc3Br)c2cc1C. The lowest BCUT2D eigenvalue weighted by Gasteiger charge is -2.12. The van der Waals surface area contributed by atoms with Crippen LogP contribution in [0.4, 0.5) is 11.5 Å². The fraction of sp³-hybridized carbons (Fsp3) is 0.125. The number of nitrogens with zero attached hydrogens (tertiary/aromatic N) is 2. The molecule has 3 rings (SSSR count). The Balaban J connectivity index is 2.15. The molecule has 0 saturated carbocycles. The zero-order chi connectivity index (χ0) is 15.0.